The van der Waals surface area contributed by atoms with Crippen molar-refractivity contribution in [2.75, 3.05) is 0 Å². The third-order valence-electron chi connectivity index (χ3n) is 2.30. The van der Waals surface area contributed by atoms with Crippen molar-refractivity contribution in [2.45, 2.75) is 25.3 Å². The van der Waals surface area contributed by atoms with E-state index in [9.17, 15) is 0 Å². The lowest BCUT2D eigenvalue weighted by Crippen LogP contribution is -2.30. The van der Waals surface area contributed by atoms with Crippen LogP contribution in [-0.4, -0.2) is 6.04 Å². The van der Waals surface area contributed by atoms with Gasteiger partial charge in [0.1, 0.15) is 0 Å². The summed E-state index contributed by atoms with van der Waals surface area (Å²) in [5.41, 5.74) is 0. The van der Waals surface area contributed by atoms with Gasteiger partial charge in [0.25, 0.3) is 0 Å². The van der Waals surface area contributed by atoms with Gasteiger partial charge in [-0.15, -0.1) is 0 Å². The van der Waals surface area contributed by atoms with Crippen molar-refractivity contribution in [3.8, 4) is 0 Å². The fourth-order valence-corrected chi connectivity index (χ4v) is 1.69. The van der Waals surface area contributed by atoms with Crippen LogP contribution in [0.2, 0.25) is 0 Å². The standard InChI is InChI=1S/C9H12N/c1-2-6-9-8(4-1)5-3-7-10-9/h1,3-4,7-9H,2,5-6H2. The highest BCUT2D eigenvalue weighted by Crippen LogP contribution is 2.24. The zero-order valence-electron chi connectivity index (χ0n) is 6.03. The lowest BCUT2D eigenvalue weighted by Gasteiger charge is -2.27. The van der Waals surface area contributed by atoms with Gasteiger partial charge < -0.3 is 0 Å². The van der Waals surface area contributed by atoms with E-state index in [4.69, 9.17) is 0 Å². The first-order valence-electron chi connectivity index (χ1n) is 3.98. The minimum Gasteiger partial charge on any atom is -0.290 e. The van der Waals surface area contributed by atoms with Gasteiger partial charge in [0, 0.05) is 12.1 Å². The van der Waals surface area contributed by atoms with E-state index >= 15 is 0 Å². The topological polar surface area (TPSA) is 14.1 Å². The smallest absolute Gasteiger partial charge is 0.0567 e. The Bertz CT molecular complexity index is 170. The molecule has 2 aliphatic rings. The monoisotopic (exact) mass is 134 g/mol. The molecule has 0 aromatic carbocycles. The molecule has 1 aliphatic carbocycles. The van der Waals surface area contributed by atoms with Crippen molar-refractivity contribution in [1.29, 1.82) is 0 Å². The van der Waals surface area contributed by atoms with Gasteiger partial charge in [-0.05, 0) is 19.3 Å². The number of nitrogens with zero attached hydrogens (tertiary/aromatic N) is 1. The first kappa shape index (κ1) is 6.02. The van der Waals surface area contributed by atoms with Crippen molar-refractivity contribution >= 4 is 0 Å². The van der Waals surface area contributed by atoms with Crippen LogP contribution in [-0.2, 0) is 0 Å². The van der Waals surface area contributed by atoms with E-state index < -0.39 is 0 Å². The third kappa shape index (κ3) is 0.962. The minimum absolute atomic E-state index is 0.606. The molecule has 2 rings (SSSR count). The molecule has 0 fully saturated rings. The van der Waals surface area contributed by atoms with E-state index in [-0.39, 0.29) is 0 Å². The molecular formula is C9H12N. The van der Waals surface area contributed by atoms with Gasteiger partial charge in [0.15, 0.2) is 0 Å². The molecule has 2 unspecified atom stereocenters. The second-order valence-corrected chi connectivity index (χ2v) is 3.01. The molecule has 2 atom stereocenters. The molecule has 53 valence electrons. The predicted molar refractivity (Wildman–Crippen MR) is 41.5 cm³/mol. The van der Waals surface area contributed by atoms with E-state index in [2.05, 4.69) is 23.5 Å². The van der Waals surface area contributed by atoms with Crippen LogP contribution >= 0.6 is 0 Å². The molecule has 0 aromatic rings. The van der Waals surface area contributed by atoms with E-state index in [0.29, 0.717) is 6.04 Å². The second-order valence-electron chi connectivity index (χ2n) is 3.01. The average molecular weight is 134 g/mol. The Kier molecular flexibility index (Phi) is 1.50. The summed E-state index contributed by atoms with van der Waals surface area (Å²) in [6, 6.07) is 0.606. The van der Waals surface area contributed by atoms with Gasteiger partial charge in [-0.1, -0.05) is 18.2 Å². The molecule has 1 aliphatic heterocycles. The number of hydrogen-bond donors (Lipinski definition) is 0. The largest absolute Gasteiger partial charge is 0.290 e. The predicted octanol–water partition coefficient (Wildman–Crippen LogP) is 1.84. The molecular weight excluding hydrogens is 122 g/mol. The molecule has 0 N–H and O–H groups in total. The van der Waals surface area contributed by atoms with Gasteiger partial charge in [-0.25, -0.2) is 0 Å². The summed E-state index contributed by atoms with van der Waals surface area (Å²) in [5.74, 6) is 0.721. The molecule has 0 aromatic heterocycles. The maximum Gasteiger partial charge on any atom is 0.0567 e. The van der Waals surface area contributed by atoms with Crippen LogP contribution in [0.3, 0.4) is 0 Å². The summed E-state index contributed by atoms with van der Waals surface area (Å²) in [6.07, 6.45) is 12.4. The van der Waals surface area contributed by atoms with Crippen molar-refractivity contribution in [3.63, 3.8) is 0 Å². The molecule has 0 saturated heterocycles. The van der Waals surface area contributed by atoms with Crippen LogP contribution < -0.4 is 5.32 Å². The maximum absolute atomic E-state index is 4.42. The van der Waals surface area contributed by atoms with E-state index in [1.54, 1.807) is 0 Å². The third-order valence-corrected chi connectivity index (χ3v) is 2.30. The van der Waals surface area contributed by atoms with Gasteiger partial charge >= 0.3 is 0 Å². The Morgan fingerprint density at radius 1 is 1.30 bits per heavy atom. The Balaban J connectivity index is 2.12. The molecule has 1 heterocycles. The molecule has 0 saturated carbocycles. The molecule has 0 spiro atoms. The zero-order chi connectivity index (χ0) is 6.81. The van der Waals surface area contributed by atoms with Gasteiger partial charge in [0.2, 0.25) is 0 Å². The van der Waals surface area contributed by atoms with Crippen LogP contribution in [0.4, 0.5) is 0 Å². The Labute approximate surface area is 61.8 Å². The van der Waals surface area contributed by atoms with Crippen molar-refractivity contribution in [1.82, 2.24) is 5.32 Å². The molecule has 1 radical (unpaired) electrons. The number of hydrogen-bond acceptors (Lipinski definition) is 0. The van der Waals surface area contributed by atoms with Gasteiger partial charge in [-0.2, -0.15) is 0 Å². The van der Waals surface area contributed by atoms with Crippen LogP contribution in [0, 0.1) is 5.92 Å². The maximum atomic E-state index is 4.42. The Morgan fingerprint density at radius 3 is 3.20 bits per heavy atom. The summed E-state index contributed by atoms with van der Waals surface area (Å²) < 4.78 is 0. The molecule has 1 nitrogen and oxygen atoms in total. The SMILES string of the molecule is C1=CC2CC=C[N]C2CC1. The number of allylic oxidation sites excluding steroid dienone is 2. The summed E-state index contributed by atoms with van der Waals surface area (Å²) in [4.78, 5) is 0. The molecule has 0 amide bonds. The quantitative estimate of drug-likeness (QED) is 0.449. The van der Waals surface area contributed by atoms with Crippen LogP contribution in [0.25, 0.3) is 0 Å². The van der Waals surface area contributed by atoms with E-state index in [0.717, 1.165) is 5.92 Å². The van der Waals surface area contributed by atoms with Crippen molar-refractivity contribution < 1.29 is 0 Å². The van der Waals surface area contributed by atoms with Crippen LogP contribution in [0.15, 0.2) is 24.4 Å². The number of rotatable bonds is 0. The summed E-state index contributed by atoms with van der Waals surface area (Å²) in [6.45, 7) is 0. The number of fused-ring (bicyclic) bond motifs is 1. The highest BCUT2D eigenvalue weighted by atomic mass is 14.9. The second kappa shape index (κ2) is 2.49. The van der Waals surface area contributed by atoms with Gasteiger partial charge in [0.05, 0.1) is 6.04 Å². The highest BCUT2D eigenvalue weighted by Gasteiger charge is 2.22. The fraction of sp³-hybridized carbons (Fsp3) is 0.556. The first-order chi connectivity index (χ1) is 4.97. The van der Waals surface area contributed by atoms with Crippen LogP contribution in [0.5, 0.6) is 0 Å². The fourth-order valence-electron chi connectivity index (χ4n) is 1.69. The van der Waals surface area contributed by atoms with E-state index in [1.807, 2.05) is 6.20 Å². The lowest BCUT2D eigenvalue weighted by atomic mass is 9.86. The summed E-state index contributed by atoms with van der Waals surface area (Å²) in [5, 5.41) is 4.42. The Morgan fingerprint density at radius 2 is 2.30 bits per heavy atom. The summed E-state index contributed by atoms with van der Waals surface area (Å²) >= 11 is 0. The molecule has 0 bridgehead atoms. The zero-order valence-corrected chi connectivity index (χ0v) is 6.03. The van der Waals surface area contributed by atoms with Crippen molar-refractivity contribution in [2.24, 2.45) is 5.92 Å². The lowest BCUT2D eigenvalue weighted by molar-refractivity contribution is 0.390. The Hall–Kier alpha value is -0.720. The van der Waals surface area contributed by atoms with Crippen LogP contribution in [0.1, 0.15) is 19.3 Å². The average Bonchev–Trinajstić information content (AvgIpc) is 2.05. The van der Waals surface area contributed by atoms with Crippen molar-refractivity contribution in [3.05, 3.63) is 24.4 Å². The highest BCUT2D eigenvalue weighted by molar-refractivity contribution is 5.07. The normalized spacial score (nSPS) is 36.8. The molecule has 1 heteroatoms. The van der Waals surface area contributed by atoms with E-state index in [1.165, 1.54) is 19.3 Å². The summed E-state index contributed by atoms with van der Waals surface area (Å²) in [7, 11) is 0. The first-order valence-corrected chi connectivity index (χ1v) is 3.98. The molecule has 10 heavy (non-hydrogen) atoms. The van der Waals surface area contributed by atoms with Gasteiger partial charge in [-0.3, -0.25) is 5.32 Å². The minimum atomic E-state index is 0.606.